The minimum absolute atomic E-state index is 0. The topological polar surface area (TPSA) is 31.5 Å². The van der Waals surface area contributed by atoms with Crippen LogP contribution in [0, 0.1) is 0 Å². The normalized spacial score (nSPS) is 0. The summed E-state index contributed by atoms with van der Waals surface area (Å²) in [5.74, 6) is 0. The maximum absolute atomic E-state index is 0. The zero-order valence-electron chi connectivity index (χ0n) is 3.38. The molecule has 0 amide bonds. The molecule has 0 heterocycles. The Labute approximate surface area is 64.2 Å². The van der Waals surface area contributed by atoms with Gasteiger partial charge < -0.3 is 6.90 Å². The molecule has 4 heteroatoms. The Morgan fingerprint density at radius 2 is 1.25 bits per heavy atom. The molecule has 1 nitrogen and oxygen atoms in total. The van der Waals surface area contributed by atoms with Gasteiger partial charge in [-0.2, -0.15) is 0 Å². The van der Waals surface area contributed by atoms with E-state index in [0.29, 0.717) is 0 Å². The molecule has 0 atom stereocenters. The van der Waals surface area contributed by atoms with Gasteiger partial charge in [-0.15, -0.1) is 0 Å². The average Bonchev–Trinajstić information content (AvgIpc) is 0. The van der Waals surface area contributed by atoms with E-state index in [1.54, 1.807) is 0 Å². The van der Waals surface area contributed by atoms with Crippen molar-refractivity contribution in [2.45, 2.75) is 0 Å². The fourth-order valence-electron chi connectivity index (χ4n) is 0. The first-order valence-corrected chi connectivity index (χ1v) is 0. The molecule has 0 fully saturated rings. The van der Waals surface area contributed by atoms with E-state index in [-0.39, 0.29) is 64.5 Å². The molecule has 0 spiro atoms. The van der Waals surface area contributed by atoms with Crippen molar-refractivity contribution in [1.82, 2.24) is 0 Å². The van der Waals surface area contributed by atoms with Crippen LogP contribution in [0.4, 0.5) is 0 Å². The second-order valence-electron chi connectivity index (χ2n) is 0. The molecule has 0 saturated carbocycles. The summed E-state index contributed by atoms with van der Waals surface area (Å²) in [4.78, 5) is 0. The average molecular weight is 129 g/mol. The fourth-order valence-corrected chi connectivity index (χ4v) is 0. The van der Waals surface area contributed by atoms with Gasteiger partial charge in [0.1, 0.15) is 0 Å². The molecule has 0 rings (SSSR count). The Hall–Kier alpha value is 1.79. The van der Waals surface area contributed by atoms with Crippen LogP contribution < -0.4 is 18.9 Å². The molecule has 1 radical (unpaired) electrons. The van der Waals surface area contributed by atoms with Crippen LogP contribution in [-0.4, -0.2) is 5.48 Å². The van der Waals surface area contributed by atoms with Crippen molar-refractivity contribution in [3.63, 3.8) is 0 Å². The Bertz CT molecular complexity index is 11.6. The van der Waals surface area contributed by atoms with E-state index in [1.165, 1.54) is 0 Å². The van der Waals surface area contributed by atoms with Crippen molar-refractivity contribution in [1.29, 1.82) is 0 Å². The zero-order valence-corrected chi connectivity index (χ0v) is 5.12. The minimum Gasteiger partial charge on any atom is -1.00 e. The summed E-state index contributed by atoms with van der Waals surface area (Å²) in [6.45, 7) is 0. The Balaban J connectivity index is 0. The summed E-state index contributed by atoms with van der Waals surface area (Å²) in [5.41, 5.74) is 0. The van der Waals surface area contributed by atoms with Crippen LogP contribution >= 0.6 is 0 Å². The molecule has 0 unspecified atom stereocenters. The van der Waals surface area contributed by atoms with Gasteiger partial charge in [0.25, 0.3) is 0 Å². The molecule has 0 aromatic carbocycles. The van der Waals surface area contributed by atoms with Gasteiger partial charge in [0, 0.05) is 38.8 Å². The predicted octanol–water partition coefficient (Wildman–Crippen LogP) is -3.71. The summed E-state index contributed by atoms with van der Waals surface area (Å²) in [6, 6.07) is 0. The van der Waals surface area contributed by atoms with Crippen molar-refractivity contribution in [2.75, 3.05) is 0 Å². The Kier molecular flexibility index (Phi) is 222. The van der Waals surface area contributed by atoms with E-state index >= 15 is 0 Å². The first-order chi connectivity index (χ1) is 0. The van der Waals surface area contributed by atoms with Gasteiger partial charge in [-0.25, -0.2) is 0 Å². The quantitative estimate of drug-likeness (QED) is 0.301. The summed E-state index contributed by atoms with van der Waals surface area (Å²) in [6.07, 6.45) is 0. The van der Waals surface area contributed by atoms with Crippen molar-refractivity contribution >= 4 is 0 Å². The van der Waals surface area contributed by atoms with Crippen LogP contribution in [0.5, 0.6) is 0 Å². The first-order valence-electron chi connectivity index (χ1n) is 0. The molecule has 0 aromatic heterocycles. The molecule has 0 aromatic rings. The third-order valence-electron chi connectivity index (χ3n) is 0. The largest absolute Gasteiger partial charge is 1.00 e. The van der Waals surface area contributed by atoms with Gasteiger partial charge in [-0.1, -0.05) is 0 Å². The van der Waals surface area contributed by atoms with Gasteiger partial charge in [-0.3, -0.25) is 0 Å². The van der Waals surface area contributed by atoms with Gasteiger partial charge in [-0.05, 0) is 0 Å². The van der Waals surface area contributed by atoms with Crippen LogP contribution in [0.1, 0.15) is 1.43 Å². The molecule has 21 valence electrons. The van der Waals surface area contributed by atoms with Gasteiger partial charge in [0.15, 0.2) is 0 Å². The van der Waals surface area contributed by atoms with Crippen LogP contribution in [0.15, 0.2) is 0 Å². The zero-order chi connectivity index (χ0) is 0. The van der Waals surface area contributed by atoms with Crippen molar-refractivity contribution in [3.05, 3.63) is 0 Å². The predicted molar refractivity (Wildman–Crippen MR) is 4.73 cm³/mol. The monoisotopic (exact) mass is 129 g/mol. The molecule has 4 heavy (non-hydrogen) atoms. The number of hydrogen-bond acceptors (Lipinski definition) is 0. The first kappa shape index (κ1) is 41.4. The van der Waals surface area contributed by atoms with E-state index in [9.17, 15) is 0 Å². The molecular weight excluding hydrogens is 126 g/mol. The van der Waals surface area contributed by atoms with E-state index in [4.69, 9.17) is 0 Å². The van der Waals surface area contributed by atoms with Crippen molar-refractivity contribution in [2.24, 2.45) is 0 Å². The Morgan fingerprint density at radius 1 is 1.25 bits per heavy atom. The molecule has 0 saturated heterocycles. The fraction of sp³-hybridized carbons (Fsp3) is 0. The van der Waals surface area contributed by atoms with Crippen LogP contribution in [0.25, 0.3) is 0 Å². The third kappa shape index (κ3) is 9.21. The standard InChI is InChI=1S/Li.Mn.H2O.Ti.H/h;;1H2;;/q+1;;;;-1. The van der Waals surface area contributed by atoms with Crippen LogP contribution in [0.3, 0.4) is 0 Å². The molecule has 0 aliphatic heterocycles. The third-order valence-corrected chi connectivity index (χ3v) is 0. The van der Waals surface area contributed by atoms with Crippen LogP contribution in [-0.2, 0) is 38.8 Å². The molecule has 0 bridgehead atoms. The van der Waals surface area contributed by atoms with Crippen molar-refractivity contribution < 1.29 is 64.5 Å². The molecule has 0 aliphatic rings. The van der Waals surface area contributed by atoms with E-state index in [0.717, 1.165) is 0 Å². The van der Waals surface area contributed by atoms with Crippen molar-refractivity contribution in [3.8, 4) is 0 Å². The maximum Gasteiger partial charge on any atom is 1.00 e. The van der Waals surface area contributed by atoms with Crippen LogP contribution in [0.2, 0.25) is 0 Å². The minimum atomic E-state index is 0. The number of hydrogen-bond donors (Lipinski definition) is 0. The Morgan fingerprint density at radius 3 is 1.25 bits per heavy atom. The number of rotatable bonds is 0. The van der Waals surface area contributed by atoms with E-state index in [2.05, 4.69) is 0 Å². The summed E-state index contributed by atoms with van der Waals surface area (Å²) >= 11 is 0. The van der Waals surface area contributed by atoms with E-state index in [1.807, 2.05) is 0 Å². The second kappa shape index (κ2) is 21.5. The smallest absolute Gasteiger partial charge is 1.00 e. The summed E-state index contributed by atoms with van der Waals surface area (Å²) < 4.78 is 0. The maximum atomic E-state index is 0. The van der Waals surface area contributed by atoms with E-state index < -0.39 is 0 Å². The molecular formula is H3LiMnOTi. The van der Waals surface area contributed by atoms with Gasteiger partial charge in [0.05, 0.1) is 0 Å². The molecule has 2 N–H and O–H groups in total. The second-order valence-corrected chi connectivity index (χ2v) is 0. The molecule has 0 aliphatic carbocycles. The SMILES string of the molecule is O.[H-].[Li+].[Mn].[Ti]. The summed E-state index contributed by atoms with van der Waals surface area (Å²) in [5, 5.41) is 0. The van der Waals surface area contributed by atoms with Gasteiger partial charge in [0.2, 0.25) is 0 Å². The summed E-state index contributed by atoms with van der Waals surface area (Å²) in [7, 11) is 0. The van der Waals surface area contributed by atoms with Gasteiger partial charge >= 0.3 is 18.9 Å².